The molecule has 3 heterocycles. The molecule has 3 nitrogen and oxygen atoms in total. The van der Waals surface area contributed by atoms with Crippen LogP contribution < -0.4 is 10.1 Å². The zero-order chi connectivity index (χ0) is 13.7. The van der Waals surface area contributed by atoms with Crippen molar-refractivity contribution in [2.24, 2.45) is 11.8 Å². The number of ether oxygens (including phenoxy) is 2. The fourth-order valence-electron chi connectivity index (χ4n) is 4.15. The van der Waals surface area contributed by atoms with Crippen LogP contribution in [0.15, 0.2) is 24.3 Å². The number of fused-ring (bicyclic) bond motifs is 4. The van der Waals surface area contributed by atoms with Crippen molar-refractivity contribution < 1.29 is 9.47 Å². The minimum atomic E-state index is -0.151. The summed E-state index contributed by atoms with van der Waals surface area (Å²) in [4.78, 5) is 0. The third-order valence-corrected chi connectivity index (χ3v) is 5.27. The second-order valence-corrected chi connectivity index (χ2v) is 6.93. The Hall–Kier alpha value is -1.06. The first-order valence-corrected chi connectivity index (χ1v) is 7.79. The van der Waals surface area contributed by atoms with E-state index in [1.54, 1.807) is 0 Å². The largest absolute Gasteiger partial charge is 0.487 e. The van der Waals surface area contributed by atoms with Gasteiger partial charge in [-0.15, -0.1) is 0 Å². The predicted octanol–water partition coefficient (Wildman–Crippen LogP) is 2.91. The Morgan fingerprint density at radius 3 is 3.00 bits per heavy atom. The van der Waals surface area contributed by atoms with E-state index in [0.29, 0.717) is 17.9 Å². The number of para-hydroxylation sites is 1. The molecule has 0 saturated carbocycles. The van der Waals surface area contributed by atoms with Gasteiger partial charge in [-0.25, -0.2) is 0 Å². The predicted molar refractivity (Wildman–Crippen MR) is 77.8 cm³/mol. The molecule has 2 saturated heterocycles. The molecule has 3 heteroatoms. The molecule has 1 N–H and O–H groups in total. The normalized spacial score (nSPS) is 38.1. The van der Waals surface area contributed by atoms with E-state index in [1.807, 2.05) is 6.07 Å². The molecule has 0 amide bonds. The Morgan fingerprint density at radius 1 is 1.25 bits per heavy atom. The molecule has 3 aliphatic rings. The molecule has 0 aromatic heterocycles. The zero-order valence-corrected chi connectivity index (χ0v) is 12.3. The van der Waals surface area contributed by atoms with Crippen LogP contribution >= 0.6 is 0 Å². The van der Waals surface area contributed by atoms with E-state index in [0.717, 1.165) is 25.3 Å². The molecule has 1 aromatic rings. The van der Waals surface area contributed by atoms with Crippen molar-refractivity contribution in [3.05, 3.63) is 29.8 Å². The Bertz CT molecular complexity index is 513. The monoisotopic (exact) mass is 273 g/mol. The molecular weight excluding hydrogens is 250 g/mol. The highest BCUT2D eigenvalue weighted by molar-refractivity contribution is 5.39. The van der Waals surface area contributed by atoms with Gasteiger partial charge in [-0.05, 0) is 45.2 Å². The molecule has 4 atom stereocenters. The highest BCUT2D eigenvalue weighted by atomic mass is 16.5. The van der Waals surface area contributed by atoms with Crippen molar-refractivity contribution in [2.75, 3.05) is 13.1 Å². The number of hydrogen-bond acceptors (Lipinski definition) is 3. The molecular formula is C17H23NO2. The van der Waals surface area contributed by atoms with Crippen LogP contribution in [0.25, 0.3) is 0 Å². The molecule has 3 aliphatic heterocycles. The lowest BCUT2D eigenvalue weighted by molar-refractivity contribution is -0.178. The van der Waals surface area contributed by atoms with Crippen molar-refractivity contribution in [3.63, 3.8) is 0 Å². The fraction of sp³-hybridized carbons (Fsp3) is 0.647. The molecule has 20 heavy (non-hydrogen) atoms. The van der Waals surface area contributed by atoms with Gasteiger partial charge in [0.15, 0.2) is 0 Å². The standard InChI is InChI=1S/C17H23NO2/c1-17(2)13-9-11-10-18-8-7-14(11)19-16(13)12-5-3-4-6-15(12)20-17/h3-6,11,13-14,16,18H,7-10H2,1-2H3/t11-,13-,14-,16+/m1/s1. The van der Waals surface area contributed by atoms with Gasteiger partial charge in [0.2, 0.25) is 0 Å². The van der Waals surface area contributed by atoms with E-state index in [2.05, 4.69) is 37.4 Å². The summed E-state index contributed by atoms with van der Waals surface area (Å²) in [5.41, 5.74) is 1.09. The summed E-state index contributed by atoms with van der Waals surface area (Å²) in [7, 11) is 0. The van der Waals surface area contributed by atoms with Crippen LogP contribution in [-0.4, -0.2) is 24.8 Å². The number of hydrogen-bond donors (Lipinski definition) is 1. The van der Waals surface area contributed by atoms with E-state index in [-0.39, 0.29) is 11.7 Å². The van der Waals surface area contributed by atoms with Crippen LogP contribution in [0, 0.1) is 11.8 Å². The van der Waals surface area contributed by atoms with Crippen LogP contribution in [0.1, 0.15) is 38.4 Å². The average Bonchev–Trinajstić information content (AvgIpc) is 2.45. The lowest BCUT2D eigenvalue weighted by Crippen LogP contribution is -2.54. The molecule has 0 radical (unpaired) electrons. The highest BCUT2D eigenvalue weighted by Crippen LogP contribution is 2.52. The van der Waals surface area contributed by atoms with Gasteiger partial charge < -0.3 is 14.8 Å². The van der Waals surface area contributed by atoms with Gasteiger partial charge in [0, 0.05) is 18.0 Å². The average molecular weight is 273 g/mol. The van der Waals surface area contributed by atoms with Crippen LogP contribution in [-0.2, 0) is 4.74 Å². The maximum absolute atomic E-state index is 6.54. The molecule has 2 fully saturated rings. The number of benzene rings is 1. The first-order chi connectivity index (χ1) is 9.65. The lowest BCUT2D eigenvalue weighted by atomic mass is 9.71. The van der Waals surface area contributed by atoms with Gasteiger partial charge in [-0.2, -0.15) is 0 Å². The van der Waals surface area contributed by atoms with E-state index < -0.39 is 0 Å². The summed E-state index contributed by atoms with van der Waals surface area (Å²) in [6.07, 6.45) is 2.95. The Morgan fingerprint density at radius 2 is 2.10 bits per heavy atom. The van der Waals surface area contributed by atoms with Gasteiger partial charge >= 0.3 is 0 Å². The Kier molecular flexibility index (Phi) is 2.83. The first kappa shape index (κ1) is 12.7. The zero-order valence-electron chi connectivity index (χ0n) is 12.3. The fourth-order valence-corrected chi connectivity index (χ4v) is 4.15. The third-order valence-electron chi connectivity index (χ3n) is 5.27. The SMILES string of the molecule is CC1(C)Oc2ccccc2[C@@H]2O[C@@H]3CCNC[C@H]3C[C@H]21. The molecule has 1 aromatic carbocycles. The second kappa shape index (κ2) is 4.47. The van der Waals surface area contributed by atoms with Crippen LogP contribution in [0.4, 0.5) is 0 Å². The van der Waals surface area contributed by atoms with Crippen molar-refractivity contribution in [3.8, 4) is 5.75 Å². The maximum Gasteiger partial charge on any atom is 0.125 e. The van der Waals surface area contributed by atoms with Crippen molar-refractivity contribution in [2.45, 2.75) is 44.5 Å². The molecule has 0 aliphatic carbocycles. The van der Waals surface area contributed by atoms with E-state index in [9.17, 15) is 0 Å². The van der Waals surface area contributed by atoms with E-state index >= 15 is 0 Å². The topological polar surface area (TPSA) is 30.5 Å². The lowest BCUT2D eigenvalue weighted by Gasteiger charge is -2.52. The second-order valence-electron chi connectivity index (χ2n) is 6.93. The molecule has 4 rings (SSSR count). The van der Waals surface area contributed by atoms with Crippen LogP contribution in [0.3, 0.4) is 0 Å². The molecule has 108 valence electrons. The number of piperidine rings is 1. The first-order valence-electron chi connectivity index (χ1n) is 7.79. The number of nitrogens with one attached hydrogen (secondary N) is 1. The van der Waals surface area contributed by atoms with Crippen LogP contribution in [0.5, 0.6) is 5.75 Å². The van der Waals surface area contributed by atoms with Crippen molar-refractivity contribution in [1.82, 2.24) is 5.32 Å². The van der Waals surface area contributed by atoms with Gasteiger partial charge in [0.1, 0.15) is 11.4 Å². The Balaban J connectivity index is 1.72. The summed E-state index contributed by atoms with van der Waals surface area (Å²) in [5, 5.41) is 3.51. The summed E-state index contributed by atoms with van der Waals surface area (Å²) in [5.74, 6) is 2.09. The molecule has 0 spiro atoms. The third kappa shape index (κ3) is 1.87. The van der Waals surface area contributed by atoms with Gasteiger partial charge in [0.25, 0.3) is 0 Å². The van der Waals surface area contributed by atoms with E-state index in [1.165, 1.54) is 12.0 Å². The van der Waals surface area contributed by atoms with Crippen LogP contribution in [0.2, 0.25) is 0 Å². The van der Waals surface area contributed by atoms with Gasteiger partial charge in [0.05, 0.1) is 12.2 Å². The Labute approximate surface area is 120 Å². The quantitative estimate of drug-likeness (QED) is 0.788. The molecule has 0 bridgehead atoms. The van der Waals surface area contributed by atoms with E-state index in [4.69, 9.17) is 9.47 Å². The van der Waals surface area contributed by atoms with Crippen molar-refractivity contribution >= 4 is 0 Å². The highest BCUT2D eigenvalue weighted by Gasteiger charge is 2.50. The summed E-state index contributed by atoms with van der Waals surface area (Å²) < 4.78 is 12.8. The van der Waals surface area contributed by atoms with Gasteiger partial charge in [-0.3, -0.25) is 0 Å². The number of rotatable bonds is 0. The maximum atomic E-state index is 6.54. The summed E-state index contributed by atoms with van der Waals surface area (Å²) in [6.45, 7) is 6.59. The molecule has 0 unspecified atom stereocenters. The summed E-state index contributed by atoms with van der Waals surface area (Å²) >= 11 is 0. The minimum absolute atomic E-state index is 0.151. The van der Waals surface area contributed by atoms with Crippen molar-refractivity contribution in [1.29, 1.82) is 0 Å². The minimum Gasteiger partial charge on any atom is -0.487 e. The van der Waals surface area contributed by atoms with Gasteiger partial charge in [-0.1, -0.05) is 18.2 Å². The summed E-state index contributed by atoms with van der Waals surface area (Å²) in [6, 6.07) is 8.38. The smallest absolute Gasteiger partial charge is 0.125 e.